The Morgan fingerprint density at radius 2 is 1.85 bits per heavy atom. The van der Waals surface area contributed by atoms with E-state index in [0.717, 1.165) is 54.7 Å². The minimum absolute atomic E-state index is 0.00476. The number of ether oxygens (including phenoxy) is 1. The monoisotopic (exact) mass is 453 g/mol. The van der Waals surface area contributed by atoms with Gasteiger partial charge in [0.1, 0.15) is 5.75 Å². The van der Waals surface area contributed by atoms with Crippen LogP contribution in [0.5, 0.6) is 5.75 Å². The first-order valence-corrected chi connectivity index (χ1v) is 12.1. The van der Waals surface area contributed by atoms with Crippen molar-refractivity contribution in [3.05, 3.63) is 65.2 Å². The molecule has 3 atom stereocenters. The number of aliphatic carboxylic acids is 1. The predicted molar refractivity (Wildman–Crippen MR) is 132 cm³/mol. The van der Waals surface area contributed by atoms with Crippen LogP contribution in [0, 0.1) is 11.8 Å². The van der Waals surface area contributed by atoms with E-state index in [2.05, 4.69) is 18.7 Å². The summed E-state index contributed by atoms with van der Waals surface area (Å²) in [5, 5.41) is 21.4. The van der Waals surface area contributed by atoms with Gasteiger partial charge in [-0.1, -0.05) is 63.1 Å². The maximum atomic E-state index is 11.8. The second-order valence-electron chi connectivity index (χ2n) is 10.2. The number of rotatable bonds is 10. The van der Waals surface area contributed by atoms with Crippen LogP contribution < -0.4 is 4.74 Å². The molecule has 3 unspecified atom stereocenters. The molecule has 5 heteroatoms. The van der Waals surface area contributed by atoms with Gasteiger partial charge >= 0.3 is 5.97 Å². The van der Waals surface area contributed by atoms with Crippen molar-refractivity contribution < 1.29 is 19.7 Å². The number of carboxylic acids is 1. The van der Waals surface area contributed by atoms with E-state index in [1.54, 1.807) is 0 Å². The van der Waals surface area contributed by atoms with E-state index in [1.807, 2.05) is 62.6 Å². The lowest BCUT2D eigenvalue weighted by molar-refractivity contribution is -0.137. The zero-order valence-electron chi connectivity index (χ0n) is 20.5. The van der Waals surface area contributed by atoms with Crippen molar-refractivity contribution in [2.75, 3.05) is 27.2 Å². The smallest absolute Gasteiger partial charge is 0.304 e. The van der Waals surface area contributed by atoms with Gasteiger partial charge in [-0.05, 0) is 61.7 Å². The largest absolute Gasteiger partial charge is 0.493 e. The number of carbonyl (C=O) groups is 1. The average molecular weight is 454 g/mol. The van der Waals surface area contributed by atoms with E-state index < -0.39 is 11.6 Å². The van der Waals surface area contributed by atoms with E-state index >= 15 is 0 Å². The summed E-state index contributed by atoms with van der Waals surface area (Å²) in [6.07, 6.45) is 3.86. The molecule has 0 saturated heterocycles. The van der Waals surface area contributed by atoms with Crippen LogP contribution in [-0.2, 0) is 10.4 Å². The average Bonchev–Trinajstić information content (AvgIpc) is 2.78. The molecule has 0 aromatic heterocycles. The minimum Gasteiger partial charge on any atom is -0.493 e. The fourth-order valence-electron chi connectivity index (χ4n) is 4.98. The molecular formula is C28H39NO4. The lowest BCUT2D eigenvalue weighted by Crippen LogP contribution is -2.43. The van der Waals surface area contributed by atoms with Crippen molar-refractivity contribution in [2.24, 2.45) is 11.8 Å². The second kappa shape index (κ2) is 11.2. The molecular weight excluding hydrogens is 414 g/mol. The van der Waals surface area contributed by atoms with Crippen molar-refractivity contribution in [2.45, 2.75) is 57.5 Å². The van der Waals surface area contributed by atoms with E-state index in [-0.39, 0.29) is 18.3 Å². The van der Waals surface area contributed by atoms with Gasteiger partial charge in [0.2, 0.25) is 0 Å². The van der Waals surface area contributed by atoms with Crippen LogP contribution in [0.15, 0.2) is 48.5 Å². The summed E-state index contributed by atoms with van der Waals surface area (Å²) < 4.78 is 5.79. The van der Waals surface area contributed by atoms with Crippen molar-refractivity contribution in [3.63, 3.8) is 0 Å². The quantitative estimate of drug-likeness (QED) is 0.513. The van der Waals surface area contributed by atoms with Gasteiger partial charge in [0.05, 0.1) is 18.6 Å². The molecule has 0 bridgehead atoms. The Labute approximate surface area is 198 Å². The Bertz CT molecular complexity index is 908. The molecule has 2 N–H and O–H groups in total. The molecule has 0 spiro atoms. The molecule has 0 amide bonds. The molecule has 0 radical (unpaired) electrons. The molecule has 2 aromatic carbocycles. The maximum absolute atomic E-state index is 11.8. The lowest BCUT2D eigenvalue weighted by atomic mass is 9.70. The molecule has 3 rings (SSSR count). The summed E-state index contributed by atoms with van der Waals surface area (Å²) in [5.41, 5.74) is 1.88. The Morgan fingerprint density at radius 1 is 1.12 bits per heavy atom. The topological polar surface area (TPSA) is 70.0 Å². The number of benzene rings is 2. The third kappa shape index (κ3) is 6.58. The normalized spacial score (nSPS) is 21.8. The van der Waals surface area contributed by atoms with Gasteiger partial charge in [-0.3, -0.25) is 4.79 Å². The summed E-state index contributed by atoms with van der Waals surface area (Å²) in [7, 11) is 4.09. The zero-order valence-corrected chi connectivity index (χ0v) is 20.5. The molecule has 5 nitrogen and oxygen atoms in total. The molecule has 1 saturated carbocycles. The minimum atomic E-state index is -0.888. The van der Waals surface area contributed by atoms with Crippen molar-refractivity contribution in [3.8, 4) is 5.75 Å². The SMILES string of the molecule is CC(C)COc1ccc(C(CC(=O)O)c2cccc(C3(O)CCCCC3CN(C)C)c2)cc1. The molecule has 0 aliphatic heterocycles. The molecule has 1 aliphatic carbocycles. The van der Waals surface area contributed by atoms with E-state index in [1.165, 1.54) is 0 Å². The summed E-state index contributed by atoms with van der Waals surface area (Å²) in [6.45, 7) is 5.69. The van der Waals surface area contributed by atoms with Crippen LogP contribution in [-0.4, -0.2) is 48.3 Å². The van der Waals surface area contributed by atoms with Gasteiger partial charge in [-0.2, -0.15) is 0 Å². The van der Waals surface area contributed by atoms with Gasteiger partial charge in [0, 0.05) is 18.4 Å². The first kappa shape index (κ1) is 25.3. The molecule has 0 heterocycles. The standard InChI is InChI=1S/C28H39NO4/c1-20(2)19-33-25-13-11-21(12-14-25)26(17-27(30)31)22-8-7-10-23(16-22)28(32)15-6-5-9-24(28)18-29(3)4/h7-8,10-14,16,20,24,26,32H,5-6,9,15,17-19H2,1-4H3,(H,30,31). The van der Waals surface area contributed by atoms with Crippen LogP contribution >= 0.6 is 0 Å². The van der Waals surface area contributed by atoms with Crippen LogP contribution in [0.25, 0.3) is 0 Å². The fraction of sp³-hybridized carbons (Fsp3) is 0.536. The first-order chi connectivity index (χ1) is 15.7. The van der Waals surface area contributed by atoms with Gasteiger partial charge in [-0.25, -0.2) is 0 Å². The summed E-state index contributed by atoms with van der Waals surface area (Å²) >= 11 is 0. The number of aliphatic hydroxyl groups is 1. The van der Waals surface area contributed by atoms with Gasteiger partial charge < -0.3 is 19.8 Å². The van der Waals surface area contributed by atoms with E-state index in [4.69, 9.17) is 4.74 Å². The number of carboxylic acid groups (broad SMARTS) is 1. The number of nitrogens with zero attached hydrogens (tertiary/aromatic N) is 1. The number of hydrogen-bond donors (Lipinski definition) is 2. The van der Waals surface area contributed by atoms with Gasteiger partial charge in [-0.15, -0.1) is 0 Å². The van der Waals surface area contributed by atoms with Crippen molar-refractivity contribution in [1.82, 2.24) is 4.90 Å². The Hall–Kier alpha value is -2.37. The van der Waals surface area contributed by atoms with Crippen molar-refractivity contribution >= 4 is 5.97 Å². The van der Waals surface area contributed by atoms with Crippen LogP contribution in [0.1, 0.15) is 68.6 Å². The van der Waals surface area contributed by atoms with Crippen molar-refractivity contribution in [1.29, 1.82) is 0 Å². The van der Waals surface area contributed by atoms with Crippen LogP contribution in [0.3, 0.4) is 0 Å². The Balaban J connectivity index is 1.91. The predicted octanol–water partition coefficient (Wildman–Crippen LogP) is 5.27. The third-order valence-corrected chi connectivity index (χ3v) is 6.65. The van der Waals surface area contributed by atoms with Crippen LogP contribution in [0.4, 0.5) is 0 Å². The first-order valence-electron chi connectivity index (χ1n) is 12.1. The fourth-order valence-corrected chi connectivity index (χ4v) is 4.98. The Kier molecular flexibility index (Phi) is 8.55. The lowest BCUT2D eigenvalue weighted by Gasteiger charge is -2.42. The molecule has 33 heavy (non-hydrogen) atoms. The van der Waals surface area contributed by atoms with Gasteiger partial charge in [0.15, 0.2) is 0 Å². The second-order valence-corrected chi connectivity index (χ2v) is 10.2. The third-order valence-electron chi connectivity index (χ3n) is 6.65. The highest BCUT2D eigenvalue weighted by Crippen LogP contribution is 2.43. The highest BCUT2D eigenvalue weighted by atomic mass is 16.5. The highest BCUT2D eigenvalue weighted by molar-refractivity contribution is 5.69. The zero-order chi connectivity index (χ0) is 24.0. The van der Waals surface area contributed by atoms with Gasteiger partial charge in [0.25, 0.3) is 0 Å². The molecule has 1 fully saturated rings. The summed E-state index contributed by atoms with van der Waals surface area (Å²) in [5.74, 6) is 0.257. The highest BCUT2D eigenvalue weighted by Gasteiger charge is 2.40. The summed E-state index contributed by atoms with van der Waals surface area (Å²) in [6, 6.07) is 15.7. The summed E-state index contributed by atoms with van der Waals surface area (Å²) in [4.78, 5) is 13.9. The molecule has 1 aliphatic rings. The molecule has 180 valence electrons. The number of hydrogen-bond acceptors (Lipinski definition) is 4. The van der Waals surface area contributed by atoms with E-state index in [0.29, 0.717) is 12.5 Å². The van der Waals surface area contributed by atoms with E-state index in [9.17, 15) is 15.0 Å². The molecule has 2 aromatic rings. The Morgan fingerprint density at radius 3 is 2.48 bits per heavy atom. The maximum Gasteiger partial charge on any atom is 0.304 e. The van der Waals surface area contributed by atoms with Crippen LogP contribution in [0.2, 0.25) is 0 Å².